The van der Waals surface area contributed by atoms with E-state index in [-0.39, 0.29) is 14.6 Å². The Morgan fingerprint density at radius 1 is 1.22 bits per heavy atom. The van der Waals surface area contributed by atoms with E-state index in [1.807, 2.05) is 0 Å². The van der Waals surface area contributed by atoms with E-state index in [1.165, 1.54) is 0 Å². The van der Waals surface area contributed by atoms with Crippen LogP contribution in [0.3, 0.4) is 0 Å². The maximum absolute atomic E-state index is 8.81. The number of hydrogen-bond acceptors (Lipinski definition) is 1. The molecule has 0 saturated heterocycles. The first kappa shape index (κ1) is 6.64. The van der Waals surface area contributed by atoms with Crippen molar-refractivity contribution in [3.63, 3.8) is 0 Å². The number of phenols is 1. The van der Waals surface area contributed by atoms with Gasteiger partial charge < -0.3 is 5.11 Å². The second-order valence-electron chi connectivity index (χ2n) is 1.64. The quantitative estimate of drug-likeness (QED) is 0.473. The molecule has 0 spiro atoms. The zero-order chi connectivity index (χ0) is 6.69. The molecule has 0 saturated carbocycles. The molecule has 0 atom stereocenters. The van der Waals surface area contributed by atoms with Crippen LogP contribution in [0.1, 0.15) is 0 Å². The molecule has 0 heterocycles. The topological polar surface area (TPSA) is 20.2 Å². The summed E-state index contributed by atoms with van der Waals surface area (Å²) in [5, 5.41) is 9.86. The number of phenolic OH excluding ortho intramolecular Hbond substituents is 1. The van der Waals surface area contributed by atoms with Gasteiger partial charge in [-0.3, -0.25) is 0 Å². The Hall–Kier alpha value is -0.473. The Labute approximate surface area is 60.8 Å². The molecule has 0 amide bonds. The SMILES string of the molecule is Oc1ccc([Si]Cl)cc1. The van der Waals surface area contributed by atoms with Crippen molar-refractivity contribution in [3.8, 4) is 5.75 Å². The Morgan fingerprint density at radius 2 is 1.78 bits per heavy atom. The fraction of sp³-hybridized carbons (Fsp3) is 0. The van der Waals surface area contributed by atoms with Gasteiger partial charge in [0.2, 0.25) is 8.83 Å². The second-order valence-corrected chi connectivity index (χ2v) is 2.97. The summed E-state index contributed by atoms with van der Waals surface area (Å²) in [5.41, 5.74) is 0. The third kappa shape index (κ3) is 1.73. The Bertz CT molecular complexity index is 185. The third-order valence-electron chi connectivity index (χ3n) is 0.976. The van der Waals surface area contributed by atoms with Crippen LogP contribution < -0.4 is 5.19 Å². The van der Waals surface area contributed by atoms with Gasteiger partial charge in [0, 0.05) is 0 Å². The van der Waals surface area contributed by atoms with Crippen LogP contribution in [0.4, 0.5) is 0 Å². The summed E-state index contributed by atoms with van der Waals surface area (Å²) < 4.78 is 0. The molecule has 1 nitrogen and oxygen atoms in total. The van der Waals surface area contributed by atoms with E-state index in [1.54, 1.807) is 24.3 Å². The lowest BCUT2D eigenvalue weighted by Gasteiger charge is -1.91. The van der Waals surface area contributed by atoms with Crippen molar-refractivity contribution in [3.05, 3.63) is 24.3 Å². The lowest BCUT2D eigenvalue weighted by Crippen LogP contribution is -2.05. The molecule has 1 rings (SSSR count). The minimum absolute atomic E-state index is 0.286. The molecule has 3 heteroatoms. The van der Waals surface area contributed by atoms with E-state index < -0.39 is 0 Å². The summed E-state index contributed by atoms with van der Waals surface area (Å²) in [7, 11) is 0.287. The maximum atomic E-state index is 8.81. The van der Waals surface area contributed by atoms with Crippen molar-refractivity contribution in [2.75, 3.05) is 0 Å². The predicted octanol–water partition coefficient (Wildman–Crippen LogP) is 0.875. The van der Waals surface area contributed by atoms with Gasteiger partial charge in [0.05, 0.1) is 0 Å². The van der Waals surface area contributed by atoms with Gasteiger partial charge in [-0.1, -0.05) is 12.1 Å². The van der Waals surface area contributed by atoms with E-state index in [4.69, 9.17) is 16.2 Å². The molecular formula is C6H5ClOSi. The molecule has 46 valence electrons. The summed E-state index contributed by atoms with van der Waals surface area (Å²) in [6.07, 6.45) is 0. The average molecular weight is 157 g/mol. The van der Waals surface area contributed by atoms with Crippen molar-refractivity contribution in [2.24, 2.45) is 0 Å². The van der Waals surface area contributed by atoms with Crippen molar-refractivity contribution in [1.29, 1.82) is 0 Å². The fourth-order valence-corrected chi connectivity index (χ4v) is 1.20. The third-order valence-corrected chi connectivity index (χ3v) is 2.18. The standard InChI is InChI=1S/C6H5ClOSi/c7-9-6-3-1-5(8)2-4-6/h1-4,8H. The lowest BCUT2D eigenvalue weighted by molar-refractivity contribution is 0.475. The van der Waals surface area contributed by atoms with Gasteiger partial charge in [-0.25, -0.2) is 0 Å². The Balaban J connectivity index is 2.88. The largest absolute Gasteiger partial charge is 0.508 e. The van der Waals surface area contributed by atoms with Gasteiger partial charge in [0.15, 0.2) is 0 Å². The van der Waals surface area contributed by atoms with E-state index in [0.717, 1.165) is 5.19 Å². The fourth-order valence-electron chi connectivity index (χ4n) is 0.524. The summed E-state index contributed by atoms with van der Waals surface area (Å²) >= 11 is 5.53. The predicted molar refractivity (Wildman–Crippen MR) is 39.3 cm³/mol. The van der Waals surface area contributed by atoms with Gasteiger partial charge in [0.25, 0.3) is 0 Å². The highest BCUT2D eigenvalue weighted by molar-refractivity contribution is 7.01. The Morgan fingerprint density at radius 3 is 2.22 bits per heavy atom. The van der Waals surface area contributed by atoms with Gasteiger partial charge in [0.1, 0.15) is 5.75 Å². The molecule has 1 aromatic rings. The molecule has 1 aromatic carbocycles. The summed E-state index contributed by atoms with van der Waals surface area (Å²) in [4.78, 5) is 0. The second kappa shape index (κ2) is 2.89. The number of benzene rings is 1. The van der Waals surface area contributed by atoms with E-state index in [2.05, 4.69) is 0 Å². The molecule has 0 unspecified atom stereocenters. The molecule has 0 aliphatic heterocycles. The van der Waals surface area contributed by atoms with Gasteiger partial charge >= 0.3 is 0 Å². The van der Waals surface area contributed by atoms with Crippen LogP contribution in [0, 0.1) is 0 Å². The molecule has 2 radical (unpaired) electrons. The monoisotopic (exact) mass is 156 g/mol. The lowest BCUT2D eigenvalue weighted by atomic mass is 10.3. The van der Waals surface area contributed by atoms with Crippen molar-refractivity contribution in [2.45, 2.75) is 0 Å². The number of rotatable bonds is 1. The minimum Gasteiger partial charge on any atom is -0.508 e. The van der Waals surface area contributed by atoms with Crippen molar-refractivity contribution in [1.82, 2.24) is 0 Å². The number of halogens is 1. The zero-order valence-electron chi connectivity index (χ0n) is 4.63. The molecule has 9 heavy (non-hydrogen) atoms. The van der Waals surface area contributed by atoms with Crippen LogP contribution >= 0.6 is 11.1 Å². The number of aromatic hydroxyl groups is 1. The minimum atomic E-state index is 0.286. The molecule has 1 N–H and O–H groups in total. The summed E-state index contributed by atoms with van der Waals surface area (Å²) in [6, 6.07) is 6.87. The first-order valence-corrected chi connectivity index (χ1v) is 4.50. The summed E-state index contributed by atoms with van der Waals surface area (Å²) in [6.45, 7) is 0. The molecule has 0 aliphatic rings. The van der Waals surface area contributed by atoms with Crippen LogP contribution in [0.2, 0.25) is 0 Å². The van der Waals surface area contributed by atoms with E-state index in [9.17, 15) is 0 Å². The highest BCUT2D eigenvalue weighted by Gasteiger charge is 1.89. The maximum Gasteiger partial charge on any atom is 0.210 e. The van der Waals surface area contributed by atoms with Crippen LogP contribution in [-0.2, 0) is 0 Å². The Kier molecular flexibility index (Phi) is 2.14. The highest BCUT2D eigenvalue weighted by Crippen LogP contribution is 2.02. The van der Waals surface area contributed by atoms with Gasteiger partial charge in [-0.05, 0) is 17.3 Å². The molecular weight excluding hydrogens is 152 g/mol. The zero-order valence-corrected chi connectivity index (χ0v) is 6.39. The van der Waals surface area contributed by atoms with Crippen LogP contribution in [0.15, 0.2) is 24.3 Å². The first-order valence-electron chi connectivity index (χ1n) is 2.48. The van der Waals surface area contributed by atoms with Crippen LogP contribution in [-0.4, -0.2) is 13.9 Å². The van der Waals surface area contributed by atoms with Crippen LogP contribution in [0.25, 0.3) is 0 Å². The molecule has 0 bridgehead atoms. The molecule has 0 aliphatic carbocycles. The van der Waals surface area contributed by atoms with E-state index in [0.29, 0.717) is 0 Å². The van der Waals surface area contributed by atoms with Crippen molar-refractivity contribution >= 4 is 25.1 Å². The van der Waals surface area contributed by atoms with Crippen molar-refractivity contribution < 1.29 is 5.11 Å². The first-order chi connectivity index (χ1) is 4.33. The van der Waals surface area contributed by atoms with Crippen LogP contribution in [0.5, 0.6) is 5.75 Å². The molecule has 0 aromatic heterocycles. The smallest absolute Gasteiger partial charge is 0.210 e. The summed E-state index contributed by atoms with van der Waals surface area (Å²) in [5.74, 6) is 0.286. The normalized spacial score (nSPS) is 9.44. The average Bonchev–Trinajstić information content (AvgIpc) is 1.90. The number of hydrogen-bond donors (Lipinski definition) is 1. The molecule has 0 fully saturated rings. The highest BCUT2D eigenvalue weighted by atomic mass is 35.6. The van der Waals surface area contributed by atoms with Gasteiger partial charge in [-0.2, -0.15) is 11.1 Å². The van der Waals surface area contributed by atoms with E-state index >= 15 is 0 Å². The van der Waals surface area contributed by atoms with Gasteiger partial charge in [-0.15, -0.1) is 0 Å².